The van der Waals surface area contributed by atoms with Crippen molar-refractivity contribution in [3.63, 3.8) is 0 Å². The molecule has 1 aromatic carbocycles. The van der Waals surface area contributed by atoms with Gasteiger partial charge in [0.1, 0.15) is 0 Å². The Morgan fingerprint density at radius 2 is 1.87 bits per heavy atom. The van der Waals surface area contributed by atoms with E-state index in [4.69, 9.17) is 13.9 Å². The van der Waals surface area contributed by atoms with Gasteiger partial charge in [-0.2, -0.15) is 0 Å². The highest BCUT2D eigenvalue weighted by Gasteiger charge is 2.30. The van der Waals surface area contributed by atoms with E-state index in [2.05, 4.69) is 23.1 Å². The second-order valence-corrected chi connectivity index (χ2v) is 3.68. The van der Waals surface area contributed by atoms with Crippen LogP contribution in [0.5, 0.6) is 0 Å². The largest absolute Gasteiger partial charge is 0.371 e. The molecular weight excluding hydrogens is 228 g/mol. The lowest BCUT2D eigenvalue weighted by atomic mass is 10.1. The van der Waals surface area contributed by atoms with Gasteiger partial charge >= 0.3 is 0 Å². The van der Waals surface area contributed by atoms with Gasteiger partial charge < -0.3 is 13.9 Å². The first-order chi connectivity index (χ1) is 7.17. The van der Waals surface area contributed by atoms with E-state index >= 15 is 0 Å². The van der Waals surface area contributed by atoms with Crippen molar-refractivity contribution in [3.05, 3.63) is 29.8 Å². The van der Waals surface area contributed by atoms with Crippen molar-refractivity contribution in [1.82, 2.24) is 0 Å². The molecule has 0 fully saturated rings. The molecule has 0 bridgehead atoms. The molecule has 0 N–H and O–H groups in total. The summed E-state index contributed by atoms with van der Waals surface area (Å²) in [4.78, 5) is 0.875. The lowest BCUT2D eigenvalue weighted by Crippen LogP contribution is -2.38. The van der Waals surface area contributed by atoms with Gasteiger partial charge in [0.2, 0.25) is 0 Å². The van der Waals surface area contributed by atoms with Crippen LogP contribution in [-0.4, -0.2) is 30.7 Å². The van der Waals surface area contributed by atoms with Gasteiger partial charge in [0.15, 0.2) is 0 Å². The monoisotopic (exact) mass is 241 g/mol. The molecule has 3 nitrogen and oxygen atoms in total. The smallest absolute Gasteiger partial charge is 0.276 e. The summed E-state index contributed by atoms with van der Waals surface area (Å²) in [5.74, 6) is -1.12. The molecule has 15 heavy (non-hydrogen) atoms. The van der Waals surface area contributed by atoms with Crippen molar-refractivity contribution in [3.8, 4) is 0 Å². The number of rotatable bonds is 5. The number of hydrogen-bond donors (Lipinski definition) is 1. The van der Waals surface area contributed by atoms with E-state index in [1.165, 1.54) is 14.2 Å². The standard InChI is InChI=1S/C10H13O3SSi/c1-11-10(12-2,13-15)7-8-5-3-4-6-9(8)14/h3-6,14H,7H2,1-2H3. The van der Waals surface area contributed by atoms with Gasteiger partial charge in [-0.3, -0.25) is 0 Å². The fraction of sp³-hybridized carbons (Fsp3) is 0.400. The average Bonchev–Trinajstić information content (AvgIpc) is 2.29. The van der Waals surface area contributed by atoms with Gasteiger partial charge in [0, 0.05) is 19.1 Å². The van der Waals surface area contributed by atoms with E-state index in [9.17, 15) is 0 Å². The topological polar surface area (TPSA) is 27.7 Å². The van der Waals surface area contributed by atoms with Gasteiger partial charge in [0.05, 0.1) is 6.42 Å². The summed E-state index contributed by atoms with van der Waals surface area (Å²) in [5.41, 5.74) is 0.989. The van der Waals surface area contributed by atoms with E-state index < -0.39 is 5.97 Å². The fourth-order valence-corrected chi connectivity index (χ4v) is 1.72. The van der Waals surface area contributed by atoms with E-state index in [1.54, 1.807) is 0 Å². The van der Waals surface area contributed by atoms with Crippen molar-refractivity contribution < 1.29 is 13.9 Å². The summed E-state index contributed by atoms with van der Waals surface area (Å²) in [5, 5.41) is 0. The summed E-state index contributed by atoms with van der Waals surface area (Å²) in [7, 11) is 5.99. The van der Waals surface area contributed by atoms with Crippen LogP contribution in [0.1, 0.15) is 5.56 Å². The van der Waals surface area contributed by atoms with Crippen LogP contribution in [0.3, 0.4) is 0 Å². The molecule has 0 atom stereocenters. The van der Waals surface area contributed by atoms with Gasteiger partial charge in [0.25, 0.3) is 16.5 Å². The van der Waals surface area contributed by atoms with E-state index in [0.717, 1.165) is 10.5 Å². The van der Waals surface area contributed by atoms with Crippen LogP contribution in [-0.2, 0) is 20.3 Å². The number of benzene rings is 1. The number of methoxy groups -OCH3 is 2. The Hall–Kier alpha value is -0.333. The second-order valence-electron chi connectivity index (χ2n) is 3.00. The Morgan fingerprint density at radius 1 is 1.27 bits per heavy atom. The van der Waals surface area contributed by atoms with Crippen LogP contribution >= 0.6 is 12.6 Å². The minimum atomic E-state index is -1.12. The fourth-order valence-electron chi connectivity index (χ4n) is 1.24. The molecule has 0 aliphatic heterocycles. The predicted molar refractivity (Wildman–Crippen MR) is 61.0 cm³/mol. The minimum absolute atomic E-state index is 0.448. The highest BCUT2D eigenvalue weighted by Crippen LogP contribution is 2.23. The van der Waals surface area contributed by atoms with Crippen LogP contribution < -0.4 is 0 Å². The summed E-state index contributed by atoms with van der Waals surface area (Å²) in [6.45, 7) is 0. The molecule has 1 rings (SSSR count). The number of hydrogen-bond acceptors (Lipinski definition) is 4. The summed E-state index contributed by atoms with van der Waals surface area (Å²) in [6.07, 6.45) is 0.448. The third-order valence-corrected chi connectivity index (χ3v) is 2.92. The van der Waals surface area contributed by atoms with E-state index in [-0.39, 0.29) is 0 Å². The summed E-state index contributed by atoms with van der Waals surface area (Å²) < 4.78 is 15.4. The van der Waals surface area contributed by atoms with Crippen LogP contribution in [0.15, 0.2) is 29.2 Å². The zero-order valence-corrected chi connectivity index (χ0v) is 10.6. The van der Waals surface area contributed by atoms with Crippen molar-refractivity contribution in [2.75, 3.05) is 14.2 Å². The number of ether oxygens (including phenoxy) is 2. The zero-order valence-electron chi connectivity index (χ0n) is 8.69. The normalized spacial score (nSPS) is 11.7. The number of thiol groups is 1. The van der Waals surface area contributed by atoms with E-state index in [1.807, 2.05) is 24.3 Å². The van der Waals surface area contributed by atoms with Crippen molar-refractivity contribution in [2.45, 2.75) is 17.3 Å². The Kier molecular flexibility index (Phi) is 4.81. The first-order valence-corrected chi connectivity index (χ1v) is 5.25. The molecule has 0 aliphatic carbocycles. The molecule has 0 aromatic heterocycles. The molecule has 1 aromatic rings. The molecule has 3 radical (unpaired) electrons. The molecule has 0 spiro atoms. The molecule has 81 valence electrons. The lowest BCUT2D eigenvalue weighted by Gasteiger charge is -2.29. The average molecular weight is 241 g/mol. The molecular formula is C10H13O3SSi. The van der Waals surface area contributed by atoms with Crippen LogP contribution in [0, 0.1) is 0 Å². The molecule has 0 heterocycles. The third-order valence-electron chi connectivity index (χ3n) is 2.18. The zero-order chi connectivity index (χ0) is 11.3. The molecule has 0 aliphatic rings. The second kappa shape index (κ2) is 5.67. The predicted octanol–water partition coefficient (Wildman–Crippen LogP) is 1.56. The Labute approximate surface area is 98.7 Å². The maximum atomic E-state index is 5.17. The summed E-state index contributed by atoms with van der Waals surface area (Å²) >= 11 is 4.34. The molecule has 0 saturated heterocycles. The van der Waals surface area contributed by atoms with Gasteiger partial charge in [-0.1, -0.05) is 18.2 Å². The minimum Gasteiger partial charge on any atom is -0.371 e. The van der Waals surface area contributed by atoms with Gasteiger partial charge in [-0.25, -0.2) is 0 Å². The Morgan fingerprint density at radius 3 is 2.33 bits per heavy atom. The Balaban J connectivity index is 2.88. The molecule has 0 unspecified atom stereocenters. The summed E-state index contributed by atoms with van der Waals surface area (Å²) in [6, 6.07) is 7.70. The van der Waals surface area contributed by atoms with Gasteiger partial charge in [-0.05, 0) is 11.6 Å². The third kappa shape index (κ3) is 3.06. The van der Waals surface area contributed by atoms with Crippen LogP contribution in [0.2, 0.25) is 0 Å². The first kappa shape index (κ1) is 12.7. The molecule has 5 heteroatoms. The maximum Gasteiger partial charge on any atom is 0.276 e. The van der Waals surface area contributed by atoms with Crippen molar-refractivity contribution >= 4 is 23.1 Å². The maximum absolute atomic E-state index is 5.17. The highest BCUT2D eigenvalue weighted by atomic mass is 32.1. The van der Waals surface area contributed by atoms with Gasteiger partial charge in [-0.15, -0.1) is 12.6 Å². The highest BCUT2D eigenvalue weighted by molar-refractivity contribution is 7.80. The van der Waals surface area contributed by atoms with Crippen molar-refractivity contribution in [2.24, 2.45) is 0 Å². The van der Waals surface area contributed by atoms with Crippen LogP contribution in [0.4, 0.5) is 0 Å². The quantitative estimate of drug-likeness (QED) is 0.482. The molecule has 0 saturated carbocycles. The Bertz CT molecular complexity index is 307. The lowest BCUT2D eigenvalue weighted by molar-refractivity contribution is -0.320. The first-order valence-electron chi connectivity index (χ1n) is 4.39. The van der Waals surface area contributed by atoms with Crippen LogP contribution in [0.25, 0.3) is 0 Å². The molecule has 0 amide bonds. The van der Waals surface area contributed by atoms with Crippen molar-refractivity contribution in [1.29, 1.82) is 0 Å². The SMILES string of the molecule is COC(Cc1ccccc1S)(OC)O[Si]. The van der Waals surface area contributed by atoms with E-state index in [0.29, 0.717) is 6.42 Å².